The van der Waals surface area contributed by atoms with Crippen LogP contribution in [0.2, 0.25) is 0 Å². The Morgan fingerprint density at radius 2 is 0.647 bits per heavy atom. The quantitative estimate of drug-likeness (QED) is 0.266. The standard InChI is InChI=1S/C20H28B2O12/c1-9(2)27-17(23)13-14(18(24)28-10(3)4)32-21(31-13)22-33-15(19(25)29-11(5)6)16(34-22)20(26)30-12(7)8/h9-12H,1-8H3. The van der Waals surface area contributed by atoms with Gasteiger partial charge in [-0.1, -0.05) is 0 Å². The minimum absolute atomic E-state index is 0.527. The smallest absolute Gasteiger partial charge is 0.518 e. The number of ether oxygens (including phenoxy) is 4. The number of carbonyl (C=O) groups is 4. The van der Waals surface area contributed by atoms with E-state index >= 15 is 0 Å². The van der Waals surface area contributed by atoms with Crippen molar-refractivity contribution >= 4 is 37.9 Å². The van der Waals surface area contributed by atoms with Crippen molar-refractivity contribution in [1.82, 2.24) is 0 Å². The molecule has 0 aromatic heterocycles. The van der Waals surface area contributed by atoms with Gasteiger partial charge in [-0.15, -0.1) is 0 Å². The molecule has 2 aliphatic heterocycles. The SMILES string of the molecule is CC(C)OC(=O)C1=C(C(=O)OC(C)C)OB(B2OC(C(=O)OC(C)C)=C(C(=O)OC(C)C)O2)O1. The summed E-state index contributed by atoms with van der Waals surface area (Å²) in [4.78, 5) is 49.9. The fraction of sp³-hybridized carbons (Fsp3) is 0.600. The van der Waals surface area contributed by atoms with E-state index in [0.717, 1.165) is 0 Å². The van der Waals surface area contributed by atoms with E-state index < -0.39 is 85.3 Å². The van der Waals surface area contributed by atoms with Crippen molar-refractivity contribution in [2.75, 3.05) is 0 Å². The van der Waals surface area contributed by atoms with Crippen molar-refractivity contribution in [3.63, 3.8) is 0 Å². The van der Waals surface area contributed by atoms with E-state index in [1.165, 1.54) is 0 Å². The van der Waals surface area contributed by atoms with Crippen LogP contribution in [0.5, 0.6) is 0 Å². The summed E-state index contributed by atoms with van der Waals surface area (Å²) in [7, 11) is -3.15. The molecule has 0 aromatic carbocycles. The Labute approximate surface area is 198 Å². The fourth-order valence-electron chi connectivity index (χ4n) is 2.58. The minimum Gasteiger partial charge on any atom is -0.518 e. The van der Waals surface area contributed by atoms with E-state index in [2.05, 4.69) is 0 Å². The molecule has 2 heterocycles. The Hall–Kier alpha value is -3.31. The van der Waals surface area contributed by atoms with E-state index in [-0.39, 0.29) is 0 Å². The van der Waals surface area contributed by atoms with Gasteiger partial charge in [0.2, 0.25) is 23.0 Å². The maximum atomic E-state index is 12.5. The second-order valence-corrected chi connectivity index (χ2v) is 8.34. The zero-order chi connectivity index (χ0) is 25.7. The molecule has 0 radical (unpaired) electrons. The van der Waals surface area contributed by atoms with Crippen molar-refractivity contribution in [3.05, 3.63) is 23.0 Å². The van der Waals surface area contributed by atoms with E-state index in [1.54, 1.807) is 55.4 Å². The van der Waals surface area contributed by atoms with Gasteiger partial charge in [0.25, 0.3) is 0 Å². The molecule has 0 N–H and O–H groups in total. The predicted octanol–water partition coefficient (Wildman–Crippen LogP) is 1.36. The first kappa shape index (κ1) is 26.9. The van der Waals surface area contributed by atoms with Gasteiger partial charge in [0.15, 0.2) is 0 Å². The zero-order valence-corrected chi connectivity index (χ0v) is 20.4. The molecule has 0 saturated heterocycles. The molecule has 2 rings (SSSR count). The van der Waals surface area contributed by atoms with E-state index in [1.807, 2.05) is 0 Å². The van der Waals surface area contributed by atoms with Gasteiger partial charge in [-0.3, -0.25) is 0 Å². The van der Waals surface area contributed by atoms with Crippen molar-refractivity contribution in [2.24, 2.45) is 0 Å². The summed E-state index contributed by atoms with van der Waals surface area (Å²) >= 11 is 0. The highest BCUT2D eigenvalue weighted by atomic mass is 16.7. The van der Waals surface area contributed by atoms with Gasteiger partial charge in [-0.05, 0) is 55.4 Å². The number of rotatable bonds is 9. The Morgan fingerprint density at radius 3 is 0.794 bits per heavy atom. The van der Waals surface area contributed by atoms with Gasteiger partial charge in [0, 0.05) is 0 Å². The summed E-state index contributed by atoms with van der Waals surface area (Å²) in [5, 5.41) is 0. The van der Waals surface area contributed by atoms with Gasteiger partial charge in [-0.25, -0.2) is 19.2 Å². The number of hydrogen-bond acceptors (Lipinski definition) is 12. The second-order valence-electron chi connectivity index (χ2n) is 8.34. The summed E-state index contributed by atoms with van der Waals surface area (Å²) in [5.41, 5.74) is 0. The molecular formula is C20H28B2O12. The summed E-state index contributed by atoms with van der Waals surface area (Å²) < 4.78 is 42.1. The van der Waals surface area contributed by atoms with Gasteiger partial charge in [0.05, 0.1) is 24.4 Å². The maximum absolute atomic E-state index is 12.5. The maximum Gasteiger partial charge on any atom is 0.658 e. The highest BCUT2D eigenvalue weighted by Gasteiger charge is 2.60. The molecule has 0 saturated carbocycles. The first-order valence-electron chi connectivity index (χ1n) is 10.8. The summed E-state index contributed by atoms with van der Waals surface area (Å²) in [6, 6.07) is 0. The Bertz CT molecular complexity index is 750. The van der Waals surface area contributed by atoms with E-state index in [4.69, 9.17) is 37.6 Å². The average Bonchev–Trinajstić information content (AvgIpc) is 3.31. The third-order valence-electron chi connectivity index (χ3n) is 3.68. The molecule has 0 bridgehead atoms. The summed E-state index contributed by atoms with van der Waals surface area (Å²) in [6.45, 7) is 12.8. The monoisotopic (exact) mass is 482 g/mol. The third kappa shape index (κ3) is 6.84. The first-order valence-corrected chi connectivity index (χ1v) is 10.8. The van der Waals surface area contributed by atoms with Gasteiger partial charge >= 0.3 is 37.9 Å². The summed E-state index contributed by atoms with van der Waals surface area (Å²) in [5.74, 6) is -6.23. The van der Waals surface area contributed by atoms with Crippen LogP contribution in [-0.4, -0.2) is 62.3 Å². The molecule has 14 heteroatoms. The number of hydrogen-bond donors (Lipinski definition) is 0. The van der Waals surface area contributed by atoms with Crippen molar-refractivity contribution < 1.29 is 56.7 Å². The summed E-state index contributed by atoms with van der Waals surface area (Å²) in [6.07, 6.45) is -2.11. The topological polar surface area (TPSA) is 142 Å². The van der Waals surface area contributed by atoms with Crippen LogP contribution in [0.1, 0.15) is 55.4 Å². The van der Waals surface area contributed by atoms with Crippen LogP contribution in [0.4, 0.5) is 0 Å². The normalized spacial score (nSPS) is 15.4. The van der Waals surface area contributed by atoms with Crippen LogP contribution in [0.3, 0.4) is 0 Å². The average molecular weight is 482 g/mol. The lowest BCUT2D eigenvalue weighted by Gasteiger charge is -2.12. The zero-order valence-electron chi connectivity index (χ0n) is 20.4. The Balaban J connectivity index is 2.28. The molecule has 0 atom stereocenters. The van der Waals surface area contributed by atoms with Crippen LogP contribution in [0, 0.1) is 0 Å². The lowest BCUT2D eigenvalue weighted by atomic mass is 9.49. The molecule has 34 heavy (non-hydrogen) atoms. The molecule has 0 unspecified atom stereocenters. The Morgan fingerprint density at radius 1 is 0.471 bits per heavy atom. The minimum atomic E-state index is -1.57. The molecule has 186 valence electrons. The predicted molar refractivity (Wildman–Crippen MR) is 115 cm³/mol. The molecule has 0 aromatic rings. The Kier molecular flexibility index (Phi) is 8.88. The van der Waals surface area contributed by atoms with Gasteiger partial charge in [0.1, 0.15) is 0 Å². The highest BCUT2D eigenvalue weighted by molar-refractivity contribution is 7.11. The molecular weight excluding hydrogens is 454 g/mol. The molecule has 0 spiro atoms. The van der Waals surface area contributed by atoms with Gasteiger partial charge in [-0.2, -0.15) is 0 Å². The largest absolute Gasteiger partial charge is 0.658 e. The third-order valence-corrected chi connectivity index (χ3v) is 3.68. The first-order chi connectivity index (χ1) is 15.8. The van der Waals surface area contributed by atoms with Crippen molar-refractivity contribution in [1.29, 1.82) is 0 Å². The lowest BCUT2D eigenvalue weighted by Crippen LogP contribution is -2.41. The van der Waals surface area contributed by atoms with E-state index in [9.17, 15) is 19.2 Å². The molecule has 12 nitrogen and oxygen atoms in total. The lowest BCUT2D eigenvalue weighted by molar-refractivity contribution is -0.148. The van der Waals surface area contributed by atoms with Crippen molar-refractivity contribution in [2.45, 2.75) is 79.8 Å². The van der Waals surface area contributed by atoms with Crippen LogP contribution >= 0.6 is 0 Å². The van der Waals surface area contributed by atoms with E-state index in [0.29, 0.717) is 0 Å². The van der Waals surface area contributed by atoms with Crippen LogP contribution < -0.4 is 0 Å². The number of carbonyl (C=O) groups excluding carboxylic acids is 4. The van der Waals surface area contributed by atoms with Crippen LogP contribution in [-0.2, 0) is 56.7 Å². The van der Waals surface area contributed by atoms with Crippen LogP contribution in [0.15, 0.2) is 23.0 Å². The highest BCUT2D eigenvalue weighted by Crippen LogP contribution is 2.31. The van der Waals surface area contributed by atoms with Gasteiger partial charge < -0.3 is 37.6 Å². The fourth-order valence-corrected chi connectivity index (χ4v) is 2.58. The molecule has 0 fully saturated rings. The molecule has 0 amide bonds. The molecule has 2 aliphatic rings. The second kappa shape index (κ2) is 11.2. The van der Waals surface area contributed by atoms with Crippen molar-refractivity contribution in [3.8, 4) is 0 Å². The molecule has 0 aliphatic carbocycles. The number of esters is 4. The van der Waals surface area contributed by atoms with Crippen LogP contribution in [0.25, 0.3) is 0 Å².